The second-order valence-electron chi connectivity index (χ2n) is 8.14. The molecule has 0 aromatic heterocycles. The van der Waals surface area contributed by atoms with Gasteiger partial charge >= 0.3 is 0 Å². The zero-order valence-electron chi connectivity index (χ0n) is 19.4. The maximum Gasteiger partial charge on any atom is 0.261 e. The summed E-state index contributed by atoms with van der Waals surface area (Å²) in [6.45, 7) is 6.10. The number of hydrogen-bond acceptors (Lipinski definition) is 3. The molecule has 0 radical (unpaired) electrons. The van der Waals surface area contributed by atoms with Crippen LogP contribution in [0.4, 0.5) is 0 Å². The van der Waals surface area contributed by atoms with Crippen molar-refractivity contribution in [2.75, 3.05) is 6.61 Å². The average Bonchev–Trinajstić information content (AvgIpc) is 2.84. The van der Waals surface area contributed by atoms with Crippen molar-refractivity contribution in [2.24, 2.45) is 0 Å². The molecule has 3 aromatic rings. The van der Waals surface area contributed by atoms with E-state index in [9.17, 15) is 9.59 Å². The van der Waals surface area contributed by atoms with Gasteiger partial charge in [-0.15, -0.1) is 0 Å². The minimum atomic E-state index is -0.574. The molecule has 33 heavy (non-hydrogen) atoms. The fourth-order valence-corrected chi connectivity index (χ4v) is 4.30. The summed E-state index contributed by atoms with van der Waals surface area (Å²) in [6, 6.07) is 21.0. The van der Waals surface area contributed by atoms with Gasteiger partial charge in [0.1, 0.15) is 11.8 Å². The predicted molar refractivity (Wildman–Crippen MR) is 136 cm³/mol. The Morgan fingerprint density at radius 2 is 1.67 bits per heavy atom. The van der Waals surface area contributed by atoms with Gasteiger partial charge in [-0.05, 0) is 58.1 Å². The normalized spacial score (nSPS) is 12.7. The van der Waals surface area contributed by atoms with E-state index in [0.717, 1.165) is 27.2 Å². The average molecular weight is 511 g/mol. The molecule has 0 aliphatic heterocycles. The van der Waals surface area contributed by atoms with Crippen LogP contribution in [0.15, 0.2) is 71.2 Å². The molecule has 3 rings (SSSR count). The molecule has 0 bridgehead atoms. The van der Waals surface area contributed by atoms with Crippen LogP contribution >= 0.6 is 15.9 Å². The van der Waals surface area contributed by atoms with Gasteiger partial charge in [-0.25, -0.2) is 0 Å². The molecule has 1 N–H and O–H groups in total. The molecule has 0 aliphatic rings. The Morgan fingerprint density at radius 3 is 2.36 bits per heavy atom. The number of fused-ring (bicyclic) bond motifs is 1. The van der Waals surface area contributed by atoms with Gasteiger partial charge in [0.15, 0.2) is 6.61 Å². The van der Waals surface area contributed by atoms with E-state index in [1.807, 2.05) is 87.5 Å². The van der Waals surface area contributed by atoms with E-state index in [1.165, 1.54) is 0 Å². The topological polar surface area (TPSA) is 58.6 Å². The fraction of sp³-hybridized carbons (Fsp3) is 0.333. The van der Waals surface area contributed by atoms with Crippen LogP contribution in [-0.4, -0.2) is 35.4 Å². The lowest BCUT2D eigenvalue weighted by Crippen LogP contribution is -2.51. The van der Waals surface area contributed by atoms with Gasteiger partial charge in [-0.1, -0.05) is 74.5 Å². The summed E-state index contributed by atoms with van der Waals surface area (Å²) in [5, 5.41) is 5.12. The molecule has 2 amide bonds. The van der Waals surface area contributed by atoms with E-state index in [2.05, 4.69) is 21.2 Å². The van der Waals surface area contributed by atoms with Crippen molar-refractivity contribution in [3.8, 4) is 5.75 Å². The number of nitrogens with one attached hydrogen (secondary N) is 1. The van der Waals surface area contributed by atoms with Crippen molar-refractivity contribution in [3.63, 3.8) is 0 Å². The molecule has 3 aromatic carbocycles. The van der Waals surface area contributed by atoms with Crippen molar-refractivity contribution in [1.29, 1.82) is 0 Å². The second kappa shape index (κ2) is 11.8. The van der Waals surface area contributed by atoms with Crippen molar-refractivity contribution in [1.82, 2.24) is 10.2 Å². The van der Waals surface area contributed by atoms with Gasteiger partial charge < -0.3 is 15.0 Å². The van der Waals surface area contributed by atoms with Crippen molar-refractivity contribution >= 4 is 38.5 Å². The first-order valence-corrected chi connectivity index (χ1v) is 12.2. The summed E-state index contributed by atoms with van der Waals surface area (Å²) in [5.74, 6) is 0.229. The molecule has 0 saturated heterocycles. The Morgan fingerprint density at radius 1 is 0.970 bits per heavy atom. The van der Waals surface area contributed by atoms with Crippen LogP contribution in [0.5, 0.6) is 5.75 Å². The van der Waals surface area contributed by atoms with Gasteiger partial charge in [-0.2, -0.15) is 0 Å². The molecule has 0 saturated carbocycles. The number of benzene rings is 3. The molecule has 0 heterocycles. The first kappa shape index (κ1) is 24.8. The standard InChI is InChI=1S/C27H31BrN2O3/c1-4-19(3)29-27(32)23(5-2)30(17-20-11-7-6-8-12-20)25(31)18-33-24-16-15-21-13-9-10-14-22(21)26(24)28/h6-16,19,23H,4-5,17-18H2,1-3H3,(H,29,32)/t19-,23+/m0/s1. The molecule has 0 aliphatic carbocycles. The number of nitrogens with zero attached hydrogens (tertiary/aromatic N) is 1. The van der Waals surface area contributed by atoms with Gasteiger partial charge in [0.25, 0.3) is 5.91 Å². The first-order valence-electron chi connectivity index (χ1n) is 11.4. The minimum absolute atomic E-state index is 0.0463. The summed E-state index contributed by atoms with van der Waals surface area (Å²) in [6.07, 6.45) is 1.34. The monoisotopic (exact) mass is 510 g/mol. The molecular formula is C27H31BrN2O3. The zero-order valence-corrected chi connectivity index (χ0v) is 21.0. The number of carbonyl (C=O) groups excluding carboxylic acids is 2. The van der Waals surface area contributed by atoms with E-state index in [0.29, 0.717) is 18.7 Å². The van der Waals surface area contributed by atoms with Crippen LogP contribution in [0, 0.1) is 0 Å². The highest BCUT2D eigenvalue weighted by molar-refractivity contribution is 9.10. The van der Waals surface area contributed by atoms with E-state index in [4.69, 9.17) is 4.74 Å². The number of amides is 2. The Bertz CT molecular complexity index is 1090. The van der Waals surface area contributed by atoms with Crippen molar-refractivity contribution < 1.29 is 14.3 Å². The summed E-state index contributed by atoms with van der Waals surface area (Å²) >= 11 is 3.61. The third-order valence-corrected chi connectivity index (χ3v) is 6.58. The van der Waals surface area contributed by atoms with Crippen molar-refractivity contribution in [3.05, 3.63) is 76.8 Å². The Labute approximate surface area is 204 Å². The van der Waals surface area contributed by atoms with Crippen LogP contribution < -0.4 is 10.1 Å². The zero-order chi connectivity index (χ0) is 23.8. The quantitative estimate of drug-likeness (QED) is 0.380. The number of hydrogen-bond donors (Lipinski definition) is 1. The van der Waals surface area contributed by atoms with Gasteiger partial charge in [0.05, 0.1) is 4.47 Å². The SMILES string of the molecule is CC[C@H](C(=O)N[C@@H](C)CC)N(Cc1ccccc1)C(=O)COc1ccc2ccccc2c1Br. The smallest absolute Gasteiger partial charge is 0.261 e. The van der Waals surface area contributed by atoms with Gasteiger partial charge in [0, 0.05) is 12.6 Å². The van der Waals surface area contributed by atoms with Crippen LogP contribution in [0.25, 0.3) is 10.8 Å². The highest BCUT2D eigenvalue weighted by Crippen LogP contribution is 2.33. The molecule has 2 atom stereocenters. The second-order valence-corrected chi connectivity index (χ2v) is 8.93. The molecule has 6 heteroatoms. The van der Waals surface area contributed by atoms with Crippen LogP contribution in [0.2, 0.25) is 0 Å². The van der Waals surface area contributed by atoms with E-state index < -0.39 is 6.04 Å². The lowest BCUT2D eigenvalue weighted by molar-refractivity contribution is -0.143. The Hall–Kier alpha value is -2.86. The van der Waals surface area contributed by atoms with E-state index in [1.54, 1.807) is 4.90 Å². The molecular weight excluding hydrogens is 480 g/mol. The summed E-state index contributed by atoms with van der Waals surface area (Å²) in [7, 11) is 0. The minimum Gasteiger partial charge on any atom is -0.483 e. The number of rotatable bonds is 10. The molecule has 0 spiro atoms. The largest absolute Gasteiger partial charge is 0.483 e. The number of halogens is 1. The lowest BCUT2D eigenvalue weighted by Gasteiger charge is -2.31. The van der Waals surface area contributed by atoms with Crippen LogP contribution in [-0.2, 0) is 16.1 Å². The Kier molecular flexibility index (Phi) is 8.89. The van der Waals surface area contributed by atoms with E-state index >= 15 is 0 Å². The molecule has 174 valence electrons. The molecule has 0 unspecified atom stereocenters. The highest BCUT2D eigenvalue weighted by atomic mass is 79.9. The highest BCUT2D eigenvalue weighted by Gasteiger charge is 2.29. The predicted octanol–water partition coefficient (Wildman–Crippen LogP) is 5.70. The maximum absolute atomic E-state index is 13.4. The van der Waals surface area contributed by atoms with Gasteiger partial charge in [0.2, 0.25) is 5.91 Å². The summed E-state index contributed by atoms with van der Waals surface area (Å²) in [4.78, 5) is 28.0. The lowest BCUT2D eigenvalue weighted by atomic mass is 10.1. The third kappa shape index (κ3) is 6.35. The van der Waals surface area contributed by atoms with Gasteiger partial charge in [-0.3, -0.25) is 9.59 Å². The summed E-state index contributed by atoms with van der Waals surface area (Å²) < 4.78 is 6.74. The molecule has 0 fully saturated rings. The summed E-state index contributed by atoms with van der Waals surface area (Å²) in [5.41, 5.74) is 0.965. The first-order chi connectivity index (χ1) is 15.9. The van der Waals surface area contributed by atoms with Crippen LogP contribution in [0.1, 0.15) is 39.2 Å². The fourth-order valence-electron chi connectivity index (χ4n) is 3.69. The maximum atomic E-state index is 13.4. The Balaban J connectivity index is 1.81. The molecule has 5 nitrogen and oxygen atoms in total. The van der Waals surface area contributed by atoms with E-state index in [-0.39, 0.29) is 24.5 Å². The number of ether oxygens (including phenoxy) is 1. The van der Waals surface area contributed by atoms with Crippen LogP contribution in [0.3, 0.4) is 0 Å². The van der Waals surface area contributed by atoms with Crippen molar-refractivity contribution in [2.45, 2.75) is 52.2 Å². The number of carbonyl (C=O) groups is 2. The third-order valence-electron chi connectivity index (χ3n) is 5.76.